The molecular weight excluding hydrogens is 378 g/mol. The molecule has 0 saturated carbocycles. The van der Waals surface area contributed by atoms with Gasteiger partial charge < -0.3 is 14.8 Å². The van der Waals surface area contributed by atoms with Crippen molar-refractivity contribution >= 4 is 23.5 Å². The van der Waals surface area contributed by atoms with Crippen LogP contribution >= 0.6 is 11.6 Å². The van der Waals surface area contributed by atoms with E-state index in [4.69, 9.17) is 21.1 Å². The first kappa shape index (κ1) is 19.5. The van der Waals surface area contributed by atoms with Crippen LogP contribution in [0.3, 0.4) is 0 Å². The number of esters is 1. The smallest absolute Gasteiger partial charge is 0.342 e. The van der Waals surface area contributed by atoms with Crippen LogP contribution in [0.5, 0.6) is 11.5 Å². The lowest BCUT2D eigenvalue weighted by molar-refractivity contribution is -0.124. The Balaban J connectivity index is 1.55. The monoisotopic (exact) mass is 395 g/mol. The number of carbonyl (C=O) groups is 2. The van der Waals surface area contributed by atoms with Crippen LogP contribution < -0.4 is 10.1 Å². The number of amides is 1. The van der Waals surface area contributed by atoms with E-state index in [1.807, 2.05) is 24.3 Å². The van der Waals surface area contributed by atoms with E-state index in [2.05, 4.69) is 5.32 Å². The molecule has 0 heterocycles. The molecule has 142 valence electrons. The van der Waals surface area contributed by atoms with Crippen LogP contribution in [0, 0.1) is 0 Å². The molecule has 3 aromatic rings. The molecule has 0 aliphatic carbocycles. The van der Waals surface area contributed by atoms with E-state index in [0.717, 1.165) is 5.56 Å². The second kappa shape index (κ2) is 9.58. The van der Waals surface area contributed by atoms with Gasteiger partial charge in [0.1, 0.15) is 17.1 Å². The summed E-state index contributed by atoms with van der Waals surface area (Å²) < 4.78 is 10.9. The molecule has 0 bridgehead atoms. The summed E-state index contributed by atoms with van der Waals surface area (Å²) in [6, 6.07) is 23.0. The maximum atomic E-state index is 12.4. The zero-order valence-electron chi connectivity index (χ0n) is 14.9. The Morgan fingerprint density at radius 1 is 0.893 bits per heavy atom. The van der Waals surface area contributed by atoms with E-state index >= 15 is 0 Å². The van der Waals surface area contributed by atoms with Gasteiger partial charge in [-0.2, -0.15) is 0 Å². The van der Waals surface area contributed by atoms with Crippen molar-refractivity contribution in [3.63, 3.8) is 0 Å². The number of hydrogen-bond acceptors (Lipinski definition) is 4. The lowest BCUT2D eigenvalue weighted by atomic mass is 10.2. The van der Waals surface area contributed by atoms with Crippen molar-refractivity contribution < 1.29 is 19.1 Å². The van der Waals surface area contributed by atoms with Crippen LogP contribution in [-0.4, -0.2) is 18.5 Å². The number of benzene rings is 3. The summed E-state index contributed by atoms with van der Waals surface area (Å²) >= 11 is 5.91. The Kier molecular flexibility index (Phi) is 6.65. The minimum Gasteiger partial charge on any atom is -0.456 e. The van der Waals surface area contributed by atoms with Gasteiger partial charge in [0.25, 0.3) is 5.91 Å². The second-order valence-corrected chi connectivity index (χ2v) is 6.33. The van der Waals surface area contributed by atoms with Crippen molar-refractivity contribution in [1.29, 1.82) is 0 Å². The first-order valence-electron chi connectivity index (χ1n) is 8.62. The van der Waals surface area contributed by atoms with Crippen LogP contribution in [0.25, 0.3) is 0 Å². The number of carbonyl (C=O) groups excluding carboxylic acids is 2. The fourth-order valence-electron chi connectivity index (χ4n) is 2.45. The van der Waals surface area contributed by atoms with E-state index in [9.17, 15) is 9.59 Å². The molecule has 0 aromatic heterocycles. The van der Waals surface area contributed by atoms with E-state index in [1.54, 1.807) is 54.6 Å². The minimum atomic E-state index is -0.635. The largest absolute Gasteiger partial charge is 0.456 e. The molecule has 1 N–H and O–H groups in total. The topological polar surface area (TPSA) is 64.6 Å². The molecule has 0 aliphatic rings. The van der Waals surface area contributed by atoms with Crippen LogP contribution in [0.4, 0.5) is 0 Å². The Morgan fingerprint density at radius 3 is 2.43 bits per heavy atom. The minimum absolute atomic E-state index is 0.244. The van der Waals surface area contributed by atoms with Gasteiger partial charge >= 0.3 is 5.97 Å². The van der Waals surface area contributed by atoms with Crippen LogP contribution in [0.15, 0.2) is 78.9 Å². The molecule has 0 atom stereocenters. The normalized spacial score (nSPS) is 10.2. The van der Waals surface area contributed by atoms with Gasteiger partial charge in [0.05, 0.1) is 0 Å². The van der Waals surface area contributed by atoms with Crippen molar-refractivity contribution in [2.45, 2.75) is 6.54 Å². The molecule has 5 nitrogen and oxygen atoms in total. The molecule has 0 radical (unpaired) electrons. The zero-order chi connectivity index (χ0) is 19.8. The molecular formula is C22H18ClNO4. The molecule has 6 heteroatoms. The first-order valence-corrected chi connectivity index (χ1v) is 9.00. The third-order valence-electron chi connectivity index (χ3n) is 3.79. The summed E-state index contributed by atoms with van der Waals surface area (Å²) in [5.74, 6) is -0.0840. The first-order chi connectivity index (χ1) is 13.6. The Morgan fingerprint density at radius 2 is 1.64 bits per heavy atom. The standard InChI is InChI=1S/C22H18ClNO4/c23-17-8-6-7-16(13-17)14-24-21(25)15-27-22(26)19-11-4-5-12-20(19)28-18-9-2-1-3-10-18/h1-13H,14-15H2,(H,24,25). The quantitative estimate of drug-likeness (QED) is 0.593. The van der Waals surface area contributed by atoms with Gasteiger partial charge in [-0.1, -0.05) is 54.1 Å². The number of hydrogen-bond donors (Lipinski definition) is 1. The van der Waals surface area contributed by atoms with E-state index in [0.29, 0.717) is 23.1 Å². The third kappa shape index (κ3) is 5.59. The summed E-state index contributed by atoms with van der Waals surface area (Å²) in [7, 11) is 0. The summed E-state index contributed by atoms with van der Waals surface area (Å²) in [6.45, 7) is -0.0935. The van der Waals surface area contributed by atoms with Crippen molar-refractivity contribution in [3.05, 3.63) is 95.0 Å². The maximum Gasteiger partial charge on any atom is 0.342 e. The van der Waals surface area contributed by atoms with E-state index in [-0.39, 0.29) is 12.2 Å². The van der Waals surface area contributed by atoms with Crippen LogP contribution in [0.2, 0.25) is 5.02 Å². The lowest BCUT2D eigenvalue weighted by Gasteiger charge is -2.11. The SMILES string of the molecule is O=C(COC(=O)c1ccccc1Oc1ccccc1)NCc1cccc(Cl)c1. The summed E-state index contributed by atoms with van der Waals surface area (Å²) in [4.78, 5) is 24.3. The van der Waals surface area contributed by atoms with E-state index < -0.39 is 11.9 Å². The molecule has 0 saturated heterocycles. The molecule has 0 aliphatic heterocycles. The molecule has 28 heavy (non-hydrogen) atoms. The Bertz CT molecular complexity index is 960. The van der Waals surface area contributed by atoms with Gasteiger partial charge in [-0.15, -0.1) is 0 Å². The van der Waals surface area contributed by atoms with Gasteiger partial charge in [-0.3, -0.25) is 4.79 Å². The fourth-order valence-corrected chi connectivity index (χ4v) is 2.66. The third-order valence-corrected chi connectivity index (χ3v) is 4.03. The second-order valence-electron chi connectivity index (χ2n) is 5.89. The average molecular weight is 396 g/mol. The molecule has 3 rings (SSSR count). The van der Waals surface area contributed by atoms with Gasteiger partial charge in [-0.25, -0.2) is 4.79 Å². The van der Waals surface area contributed by atoms with Gasteiger partial charge in [0, 0.05) is 11.6 Å². The van der Waals surface area contributed by atoms with Gasteiger partial charge in [0.15, 0.2) is 6.61 Å². The van der Waals surface area contributed by atoms with Crippen molar-refractivity contribution in [2.75, 3.05) is 6.61 Å². The highest BCUT2D eigenvalue weighted by atomic mass is 35.5. The Hall–Kier alpha value is -3.31. The maximum absolute atomic E-state index is 12.4. The molecule has 0 spiro atoms. The molecule has 0 fully saturated rings. The van der Waals surface area contributed by atoms with Crippen molar-refractivity contribution in [2.24, 2.45) is 0 Å². The highest BCUT2D eigenvalue weighted by molar-refractivity contribution is 6.30. The van der Waals surface area contributed by atoms with Gasteiger partial charge in [-0.05, 0) is 42.0 Å². The summed E-state index contributed by atoms with van der Waals surface area (Å²) in [6.07, 6.45) is 0. The number of ether oxygens (including phenoxy) is 2. The van der Waals surface area contributed by atoms with Gasteiger partial charge in [0.2, 0.25) is 0 Å². The molecule has 1 amide bonds. The number of halogens is 1. The predicted molar refractivity (Wildman–Crippen MR) is 107 cm³/mol. The van der Waals surface area contributed by atoms with Crippen LogP contribution in [-0.2, 0) is 16.1 Å². The fraction of sp³-hybridized carbons (Fsp3) is 0.0909. The highest BCUT2D eigenvalue weighted by Crippen LogP contribution is 2.25. The summed E-state index contributed by atoms with van der Waals surface area (Å²) in [5, 5.41) is 3.27. The molecule has 3 aromatic carbocycles. The zero-order valence-corrected chi connectivity index (χ0v) is 15.7. The number of nitrogens with one attached hydrogen (secondary N) is 1. The van der Waals surface area contributed by atoms with Crippen LogP contribution in [0.1, 0.15) is 15.9 Å². The molecule has 0 unspecified atom stereocenters. The lowest BCUT2D eigenvalue weighted by Crippen LogP contribution is -2.28. The van der Waals surface area contributed by atoms with Crippen molar-refractivity contribution in [3.8, 4) is 11.5 Å². The Labute approximate surface area is 167 Å². The number of rotatable bonds is 7. The summed E-state index contributed by atoms with van der Waals surface area (Å²) in [5.41, 5.74) is 1.10. The predicted octanol–water partition coefficient (Wildman–Crippen LogP) is 4.61. The van der Waals surface area contributed by atoms with E-state index in [1.165, 1.54) is 0 Å². The average Bonchev–Trinajstić information content (AvgIpc) is 2.72. The number of para-hydroxylation sites is 2. The van der Waals surface area contributed by atoms with Crippen molar-refractivity contribution in [1.82, 2.24) is 5.32 Å². The highest BCUT2D eigenvalue weighted by Gasteiger charge is 2.15.